The van der Waals surface area contributed by atoms with Gasteiger partial charge in [-0.15, -0.1) is 0 Å². The maximum Gasteiger partial charge on any atom is 0.239 e. The van der Waals surface area contributed by atoms with E-state index in [1.54, 1.807) is 14.2 Å². The molecular weight excluding hydrogens is 300 g/mol. The van der Waals surface area contributed by atoms with Crippen LogP contribution in [0.15, 0.2) is 22.7 Å². The summed E-state index contributed by atoms with van der Waals surface area (Å²) in [7, 11) is 3.20. The fourth-order valence-electron chi connectivity index (χ4n) is 1.32. The number of amides is 1. The van der Waals surface area contributed by atoms with Crippen LogP contribution in [-0.2, 0) is 9.53 Å². The molecule has 0 unspecified atom stereocenters. The van der Waals surface area contributed by atoms with Gasteiger partial charge in [-0.1, -0.05) is 15.9 Å². The van der Waals surface area contributed by atoms with E-state index in [1.165, 1.54) is 0 Å². The summed E-state index contributed by atoms with van der Waals surface area (Å²) in [5.74, 6) is 0.651. The van der Waals surface area contributed by atoms with Crippen LogP contribution in [0.4, 0.5) is 5.69 Å². The molecule has 0 spiro atoms. The van der Waals surface area contributed by atoms with Crippen LogP contribution in [0.3, 0.4) is 0 Å². The second-order valence-corrected chi connectivity index (χ2v) is 4.49. The van der Waals surface area contributed by atoms with Gasteiger partial charge in [0, 0.05) is 29.9 Å². The van der Waals surface area contributed by atoms with Crippen LogP contribution >= 0.6 is 15.9 Å². The van der Waals surface area contributed by atoms with E-state index >= 15 is 0 Å². The fraction of sp³-hybridized carbons (Fsp3) is 0.417. The number of anilines is 1. The van der Waals surface area contributed by atoms with Gasteiger partial charge in [-0.05, 0) is 12.1 Å². The lowest BCUT2D eigenvalue weighted by atomic mass is 10.3. The van der Waals surface area contributed by atoms with Crippen LogP contribution in [0.25, 0.3) is 0 Å². The summed E-state index contributed by atoms with van der Waals surface area (Å²) in [4.78, 5) is 11.5. The molecular formula is C12H17BrN2O3. The van der Waals surface area contributed by atoms with Crippen LogP contribution in [-0.4, -0.2) is 39.8 Å². The average molecular weight is 317 g/mol. The molecule has 0 saturated carbocycles. The largest absolute Gasteiger partial charge is 0.497 e. The first-order valence-corrected chi connectivity index (χ1v) is 6.29. The number of nitrogens with one attached hydrogen (secondary N) is 2. The molecule has 0 aliphatic carbocycles. The van der Waals surface area contributed by atoms with Crippen LogP contribution < -0.4 is 15.4 Å². The van der Waals surface area contributed by atoms with Crippen molar-refractivity contribution in [2.75, 3.05) is 39.2 Å². The second kappa shape index (κ2) is 7.94. The molecule has 0 aliphatic heterocycles. The van der Waals surface area contributed by atoms with Gasteiger partial charge in [-0.2, -0.15) is 0 Å². The summed E-state index contributed by atoms with van der Waals surface area (Å²) in [6.07, 6.45) is 0. The van der Waals surface area contributed by atoms with E-state index in [9.17, 15) is 4.79 Å². The SMILES string of the molecule is COCCNC(=O)CNc1cc(Br)cc(OC)c1. The number of hydrogen-bond acceptors (Lipinski definition) is 4. The number of benzene rings is 1. The topological polar surface area (TPSA) is 59.6 Å². The van der Waals surface area contributed by atoms with Crippen molar-refractivity contribution in [1.29, 1.82) is 0 Å². The maximum atomic E-state index is 11.5. The van der Waals surface area contributed by atoms with Crippen LogP contribution in [0.2, 0.25) is 0 Å². The Balaban J connectivity index is 2.43. The van der Waals surface area contributed by atoms with E-state index in [4.69, 9.17) is 9.47 Å². The first-order chi connectivity index (χ1) is 8.65. The van der Waals surface area contributed by atoms with E-state index < -0.39 is 0 Å². The third-order valence-corrected chi connectivity index (χ3v) is 2.65. The lowest BCUT2D eigenvalue weighted by Gasteiger charge is -2.09. The van der Waals surface area contributed by atoms with Gasteiger partial charge < -0.3 is 20.1 Å². The second-order valence-electron chi connectivity index (χ2n) is 3.58. The molecule has 1 aromatic rings. The molecule has 5 nitrogen and oxygen atoms in total. The Morgan fingerprint density at radius 1 is 1.33 bits per heavy atom. The number of hydrogen-bond donors (Lipinski definition) is 2. The molecule has 0 aromatic heterocycles. The number of ether oxygens (including phenoxy) is 2. The van der Waals surface area contributed by atoms with E-state index in [1.807, 2.05) is 18.2 Å². The van der Waals surface area contributed by atoms with E-state index in [2.05, 4.69) is 26.6 Å². The first kappa shape index (κ1) is 14.8. The molecule has 2 N–H and O–H groups in total. The van der Waals surface area contributed by atoms with Crippen LogP contribution in [0.5, 0.6) is 5.75 Å². The van der Waals surface area contributed by atoms with Crippen molar-refractivity contribution in [2.24, 2.45) is 0 Å². The van der Waals surface area contributed by atoms with Gasteiger partial charge >= 0.3 is 0 Å². The molecule has 0 bridgehead atoms. The van der Waals surface area contributed by atoms with Gasteiger partial charge in [0.05, 0.1) is 20.3 Å². The zero-order valence-corrected chi connectivity index (χ0v) is 12.0. The molecule has 0 fully saturated rings. The normalized spacial score (nSPS) is 9.94. The molecule has 18 heavy (non-hydrogen) atoms. The predicted molar refractivity (Wildman–Crippen MR) is 74.1 cm³/mol. The van der Waals surface area contributed by atoms with Gasteiger partial charge in [-0.25, -0.2) is 0 Å². The lowest BCUT2D eigenvalue weighted by Crippen LogP contribution is -2.32. The van der Waals surface area contributed by atoms with Crippen molar-refractivity contribution in [1.82, 2.24) is 5.32 Å². The van der Waals surface area contributed by atoms with Crippen molar-refractivity contribution < 1.29 is 14.3 Å². The number of methoxy groups -OCH3 is 2. The van der Waals surface area contributed by atoms with E-state index in [-0.39, 0.29) is 12.5 Å². The first-order valence-electron chi connectivity index (χ1n) is 5.50. The standard InChI is InChI=1S/C12H17BrN2O3/c1-17-4-3-14-12(16)8-15-10-5-9(13)6-11(7-10)18-2/h5-7,15H,3-4,8H2,1-2H3,(H,14,16). The number of carbonyl (C=O) groups is 1. The molecule has 100 valence electrons. The van der Waals surface area contributed by atoms with Crippen molar-refractivity contribution in [2.45, 2.75) is 0 Å². The van der Waals surface area contributed by atoms with Gasteiger partial charge in [0.15, 0.2) is 0 Å². The summed E-state index contributed by atoms with van der Waals surface area (Å²) in [6.45, 7) is 1.23. The lowest BCUT2D eigenvalue weighted by molar-refractivity contribution is -0.119. The Kier molecular flexibility index (Phi) is 6.53. The molecule has 0 aliphatic rings. The zero-order chi connectivity index (χ0) is 13.4. The molecule has 0 saturated heterocycles. The zero-order valence-electron chi connectivity index (χ0n) is 10.5. The minimum atomic E-state index is -0.0778. The summed E-state index contributed by atoms with van der Waals surface area (Å²) in [5, 5.41) is 5.75. The highest BCUT2D eigenvalue weighted by Gasteiger charge is 2.02. The highest BCUT2D eigenvalue weighted by Crippen LogP contribution is 2.24. The molecule has 0 atom stereocenters. The smallest absolute Gasteiger partial charge is 0.239 e. The molecule has 1 amide bonds. The summed E-state index contributed by atoms with van der Waals surface area (Å²) >= 11 is 3.38. The van der Waals surface area contributed by atoms with Gasteiger partial charge in [0.2, 0.25) is 5.91 Å². The fourth-order valence-corrected chi connectivity index (χ4v) is 1.79. The van der Waals surface area contributed by atoms with Crippen molar-refractivity contribution in [3.05, 3.63) is 22.7 Å². The van der Waals surface area contributed by atoms with Gasteiger partial charge in [-0.3, -0.25) is 4.79 Å². The van der Waals surface area contributed by atoms with Crippen molar-refractivity contribution in [3.63, 3.8) is 0 Å². The summed E-state index contributed by atoms with van der Waals surface area (Å²) in [5.41, 5.74) is 0.822. The van der Waals surface area contributed by atoms with Crippen LogP contribution in [0.1, 0.15) is 0 Å². The number of carbonyl (C=O) groups excluding carboxylic acids is 1. The molecule has 6 heteroatoms. The third kappa shape index (κ3) is 5.37. The molecule has 0 heterocycles. The molecule has 1 rings (SSSR count). The highest BCUT2D eigenvalue weighted by atomic mass is 79.9. The molecule has 1 aromatic carbocycles. The number of halogens is 1. The Morgan fingerprint density at radius 3 is 2.78 bits per heavy atom. The third-order valence-electron chi connectivity index (χ3n) is 2.19. The average Bonchev–Trinajstić information content (AvgIpc) is 2.36. The highest BCUT2D eigenvalue weighted by molar-refractivity contribution is 9.10. The minimum absolute atomic E-state index is 0.0778. The van der Waals surface area contributed by atoms with Crippen LogP contribution in [0, 0.1) is 0 Å². The summed E-state index contributed by atoms with van der Waals surface area (Å²) in [6, 6.07) is 5.56. The Labute approximate surface area is 115 Å². The molecule has 0 radical (unpaired) electrons. The van der Waals surface area contributed by atoms with Crippen molar-refractivity contribution in [3.8, 4) is 5.75 Å². The van der Waals surface area contributed by atoms with Gasteiger partial charge in [0.1, 0.15) is 5.75 Å². The minimum Gasteiger partial charge on any atom is -0.497 e. The Morgan fingerprint density at radius 2 is 2.11 bits per heavy atom. The van der Waals surface area contributed by atoms with E-state index in [0.29, 0.717) is 13.2 Å². The van der Waals surface area contributed by atoms with Gasteiger partial charge in [0.25, 0.3) is 0 Å². The summed E-state index contributed by atoms with van der Waals surface area (Å²) < 4.78 is 10.9. The Hall–Kier alpha value is -1.27. The number of rotatable bonds is 7. The predicted octanol–water partition coefficient (Wildman–Crippen LogP) is 1.63. The Bertz CT molecular complexity index is 399. The maximum absolute atomic E-state index is 11.5. The van der Waals surface area contributed by atoms with E-state index in [0.717, 1.165) is 15.9 Å². The monoisotopic (exact) mass is 316 g/mol. The van der Waals surface area contributed by atoms with Crippen molar-refractivity contribution >= 4 is 27.5 Å². The quantitative estimate of drug-likeness (QED) is 0.751.